The van der Waals surface area contributed by atoms with Gasteiger partial charge in [0.2, 0.25) is 0 Å². The molecule has 0 heterocycles. The van der Waals surface area contributed by atoms with Gasteiger partial charge in [0, 0.05) is 0 Å². The average molecular weight is 290 g/mol. The van der Waals surface area contributed by atoms with E-state index in [4.69, 9.17) is 0 Å². The van der Waals surface area contributed by atoms with E-state index < -0.39 is 14.2 Å². The maximum absolute atomic E-state index is 9.66. The molecule has 0 bridgehead atoms. The van der Waals surface area contributed by atoms with Crippen LogP contribution in [-0.2, 0) is 0 Å². The third-order valence-corrected chi connectivity index (χ3v) is 4.26. The lowest BCUT2D eigenvalue weighted by Gasteiger charge is -2.09. The van der Waals surface area contributed by atoms with E-state index in [2.05, 4.69) is 0 Å². The monoisotopic (exact) mass is 290 g/mol. The van der Waals surface area contributed by atoms with Crippen molar-refractivity contribution in [2.45, 2.75) is 0 Å². The molecule has 0 radical (unpaired) electrons. The molecule has 22 heavy (non-hydrogen) atoms. The van der Waals surface area contributed by atoms with Gasteiger partial charge in [0.05, 0.1) is 0 Å². The number of fused-ring (bicyclic) bond motifs is 3. The first-order valence-electron chi connectivity index (χ1n) is 7.00. The highest BCUT2D eigenvalue weighted by Gasteiger charge is 2.28. The van der Waals surface area contributed by atoms with E-state index in [1.165, 1.54) is 0 Å². The smallest absolute Gasteiger partial charge is 0.423 e. The van der Waals surface area contributed by atoms with Crippen molar-refractivity contribution in [3.05, 3.63) is 48.5 Å². The Morgan fingerprint density at radius 2 is 1.50 bits per heavy atom. The minimum Gasteiger partial charge on any atom is -0.423 e. The van der Waals surface area contributed by atoms with Crippen LogP contribution in [-0.4, -0.2) is 34.3 Å². The number of benzene rings is 3. The lowest BCUT2D eigenvalue weighted by molar-refractivity contribution is 0.424. The summed E-state index contributed by atoms with van der Waals surface area (Å²) >= 11 is 0. The van der Waals surface area contributed by atoms with E-state index in [0.717, 1.165) is 33.0 Å². The standard InChI is InChI=1S/C16H12B2O4/c19-17(20)10-5-6-12-13(8-10)11-3-1-2-9-4-7-14(18(21)22)16(12)15(9)11/h1-8,19-22H. The summed E-state index contributed by atoms with van der Waals surface area (Å²) in [5.41, 5.74) is 4.38. The molecule has 4 N–H and O–H groups in total. The summed E-state index contributed by atoms with van der Waals surface area (Å²) in [7, 11) is -3.09. The summed E-state index contributed by atoms with van der Waals surface area (Å²) < 4.78 is 0. The van der Waals surface area contributed by atoms with Gasteiger partial charge in [0.15, 0.2) is 0 Å². The topological polar surface area (TPSA) is 80.9 Å². The predicted molar refractivity (Wildman–Crippen MR) is 88.0 cm³/mol. The van der Waals surface area contributed by atoms with Gasteiger partial charge in [0.1, 0.15) is 0 Å². The lowest BCUT2D eigenvalue weighted by atomic mass is 9.74. The van der Waals surface area contributed by atoms with E-state index in [1.54, 1.807) is 24.3 Å². The minimum absolute atomic E-state index is 0.412. The predicted octanol–water partition coefficient (Wildman–Crippen LogP) is -0.153. The molecule has 0 unspecified atom stereocenters. The molecule has 0 aromatic heterocycles. The third kappa shape index (κ3) is 1.76. The largest absolute Gasteiger partial charge is 0.489 e. The normalized spacial score (nSPS) is 11.6. The van der Waals surface area contributed by atoms with Crippen molar-refractivity contribution < 1.29 is 20.1 Å². The molecule has 3 aromatic rings. The van der Waals surface area contributed by atoms with E-state index in [0.29, 0.717) is 10.9 Å². The van der Waals surface area contributed by atoms with Crippen LogP contribution in [0.3, 0.4) is 0 Å². The Balaban J connectivity index is 2.12. The van der Waals surface area contributed by atoms with Crippen molar-refractivity contribution in [2.24, 2.45) is 0 Å². The van der Waals surface area contributed by atoms with Crippen LogP contribution in [0.2, 0.25) is 0 Å². The van der Waals surface area contributed by atoms with Crippen LogP contribution < -0.4 is 10.9 Å². The zero-order valence-electron chi connectivity index (χ0n) is 11.6. The van der Waals surface area contributed by atoms with E-state index in [-0.39, 0.29) is 0 Å². The number of rotatable bonds is 2. The SMILES string of the molecule is OB(O)c1ccc2c(c1)-c1cccc3ccc(B(O)O)c-2c13. The lowest BCUT2D eigenvalue weighted by Crippen LogP contribution is -2.31. The van der Waals surface area contributed by atoms with E-state index in [9.17, 15) is 20.1 Å². The van der Waals surface area contributed by atoms with Crippen LogP contribution in [0.4, 0.5) is 0 Å². The molecule has 6 heteroatoms. The first kappa shape index (κ1) is 13.5. The Bertz CT molecular complexity index is 906. The van der Waals surface area contributed by atoms with Crippen molar-refractivity contribution in [3.63, 3.8) is 0 Å². The van der Waals surface area contributed by atoms with Crippen molar-refractivity contribution in [1.82, 2.24) is 0 Å². The molecule has 0 atom stereocenters. The molecule has 0 aliphatic heterocycles. The first-order valence-corrected chi connectivity index (χ1v) is 7.00. The summed E-state index contributed by atoms with van der Waals surface area (Å²) in [5, 5.41) is 40.1. The van der Waals surface area contributed by atoms with Gasteiger partial charge in [-0.05, 0) is 44.0 Å². The third-order valence-electron chi connectivity index (χ3n) is 4.26. The van der Waals surface area contributed by atoms with Crippen LogP contribution in [0.1, 0.15) is 0 Å². The molecule has 106 valence electrons. The molecule has 0 saturated carbocycles. The molecule has 1 aliphatic carbocycles. The second kappa shape index (κ2) is 4.69. The molecule has 0 amide bonds. The van der Waals surface area contributed by atoms with Crippen molar-refractivity contribution in [3.8, 4) is 22.3 Å². The van der Waals surface area contributed by atoms with Crippen molar-refractivity contribution >= 4 is 35.9 Å². The molecule has 0 spiro atoms. The van der Waals surface area contributed by atoms with Gasteiger partial charge in [-0.2, -0.15) is 0 Å². The van der Waals surface area contributed by atoms with Crippen LogP contribution >= 0.6 is 0 Å². The first-order chi connectivity index (χ1) is 10.6. The Morgan fingerprint density at radius 1 is 0.682 bits per heavy atom. The Labute approximate surface area is 127 Å². The highest BCUT2D eigenvalue weighted by Crippen LogP contribution is 2.45. The molecular formula is C16H12B2O4. The van der Waals surface area contributed by atoms with Crippen LogP contribution in [0.25, 0.3) is 33.0 Å². The second-order valence-corrected chi connectivity index (χ2v) is 5.49. The number of hydrogen-bond donors (Lipinski definition) is 4. The molecule has 0 fully saturated rings. The van der Waals surface area contributed by atoms with E-state index in [1.807, 2.05) is 24.3 Å². The molecule has 3 aromatic carbocycles. The van der Waals surface area contributed by atoms with Crippen molar-refractivity contribution in [2.75, 3.05) is 0 Å². The molecular weight excluding hydrogens is 278 g/mol. The van der Waals surface area contributed by atoms with E-state index >= 15 is 0 Å². The summed E-state index contributed by atoms with van der Waals surface area (Å²) in [6.07, 6.45) is 0. The Hall–Kier alpha value is -2.11. The summed E-state index contributed by atoms with van der Waals surface area (Å²) in [4.78, 5) is 0. The summed E-state index contributed by atoms with van der Waals surface area (Å²) in [6.45, 7) is 0. The Morgan fingerprint density at radius 3 is 2.23 bits per heavy atom. The van der Waals surface area contributed by atoms with Crippen molar-refractivity contribution in [1.29, 1.82) is 0 Å². The molecule has 0 saturated heterocycles. The maximum atomic E-state index is 9.66. The fourth-order valence-corrected chi connectivity index (χ4v) is 3.29. The van der Waals surface area contributed by atoms with Gasteiger partial charge in [0.25, 0.3) is 0 Å². The molecule has 4 nitrogen and oxygen atoms in total. The molecule has 1 aliphatic rings. The van der Waals surface area contributed by atoms with Crippen LogP contribution in [0, 0.1) is 0 Å². The highest BCUT2D eigenvalue weighted by atomic mass is 16.4. The van der Waals surface area contributed by atoms with Crippen LogP contribution in [0.15, 0.2) is 48.5 Å². The fourth-order valence-electron chi connectivity index (χ4n) is 3.29. The van der Waals surface area contributed by atoms with Gasteiger partial charge in [-0.25, -0.2) is 0 Å². The van der Waals surface area contributed by atoms with Gasteiger partial charge in [-0.15, -0.1) is 0 Å². The summed E-state index contributed by atoms with van der Waals surface area (Å²) in [5.74, 6) is 0. The summed E-state index contributed by atoms with van der Waals surface area (Å²) in [6, 6.07) is 14.6. The average Bonchev–Trinajstić information content (AvgIpc) is 2.84. The van der Waals surface area contributed by atoms with Gasteiger partial charge in [-0.3, -0.25) is 0 Å². The second-order valence-electron chi connectivity index (χ2n) is 5.49. The minimum atomic E-state index is -1.55. The van der Waals surface area contributed by atoms with Gasteiger partial charge >= 0.3 is 14.2 Å². The van der Waals surface area contributed by atoms with Crippen LogP contribution in [0.5, 0.6) is 0 Å². The molecule has 4 rings (SSSR count). The fraction of sp³-hybridized carbons (Fsp3) is 0. The van der Waals surface area contributed by atoms with Gasteiger partial charge < -0.3 is 20.1 Å². The Kier molecular flexibility index (Phi) is 2.89. The number of hydrogen-bond acceptors (Lipinski definition) is 4. The highest BCUT2D eigenvalue weighted by molar-refractivity contribution is 6.62. The zero-order valence-corrected chi connectivity index (χ0v) is 11.6. The van der Waals surface area contributed by atoms with Gasteiger partial charge in [-0.1, -0.05) is 48.5 Å². The zero-order chi connectivity index (χ0) is 15.4. The quantitative estimate of drug-likeness (QED) is 0.387. The maximum Gasteiger partial charge on any atom is 0.489 e.